The minimum absolute atomic E-state index is 0.00419. The van der Waals surface area contributed by atoms with E-state index in [0.717, 1.165) is 19.6 Å². The van der Waals surface area contributed by atoms with Crippen molar-refractivity contribution in [2.75, 3.05) is 26.2 Å². The molecule has 6 nitrogen and oxygen atoms in total. The van der Waals surface area contributed by atoms with Crippen LogP contribution in [0, 0.1) is 17.0 Å². The molecule has 1 fully saturated rings. The van der Waals surface area contributed by atoms with Crippen molar-refractivity contribution in [1.82, 2.24) is 9.80 Å². The number of para-hydroxylation sites is 1. The van der Waals surface area contributed by atoms with Crippen LogP contribution in [0.3, 0.4) is 0 Å². The zero-order valence-corrected chi connectivity index (χ0v) is 15.4. The summed E-state index contributed by atoms with van der Waals surface area (Å²) in [5.41, 5.74) is 2.98. The molecular formula is C21H23N3O3. The number of hydrogen-bond acceptors (Lipinski definition) is 4. The fraction of sp³-hybridized carbons (Fsp3) is 0.286. The first-order valence-corrected chi connectivity index (χ1v) is 9.01. The molecule has 0 N–H and O–H groups in total. The lowest BCUT2D eigenvalue weighted by molar-refractivity contribution is -0.385. The normalized spacial score (nSPS) is 15.2. The van der Waals surface area contributed by atoms with E-state index in [-0.39, 0.29) is 11.6 Å². The van der Waals surface area contributed by atoms with Gasteiger partial charge in [-0.1, -0.05) is 42.0 Å². The third-order valence-electron chi connectivity index (χ3n) is 4.71. The zero-order chi connectivity index (χ0) is 19.2. The second-order valence-electron chi connectivity index (χ2n) is 6.74. The van der Waals surface area contributed by atoms with Gasteiger partial charge in [-0.15, -0.1) is 0 Å². The summed E-state index contributed by atoms with van der Waals surface area (Å²) in [4.78, 5) is 27.2. The number of rotatable bonds is 5. The largest absolute Gasteiger partial charge is 0.337 e. The topological polar surface area (TPSA) is 66.7 Å². The molecule has 0 saturated carbocycles. The van der Waals surface area contributed by atoms with Gasteiger partial charge in [-0.25, -0.2) is 0 Å². The predicted octanol–water partition coefficient (Wildman–Crippen LogP) is 3.26. The number of nitro benzene ring substituents is 1. The van der Waals surface area contributed by atoms with Gasteiger partial charge in [-0.2, -0.15) is 0 Å². The molecule has 0 atom stereocenters. The second kappa shape index (κ2) is 8.60. The first kappa shape index (κ1) is 18.8. The van der Waals surface area contributed by atoms with Crippen molar-refractivity contribution >= 4 is 17.7 Å². The number of nitrogens with zero attached hydrogens (tertiary/aromatic N) is 3. The predicted molar refractivity (Wildman–Crippen MR) is 105 cm³/mol. The van der Waals surface area contributed by atoms with Crippen molar-refractivity contribution in [1.29, 1.82) is 0 Å². The van der Waals surface area contributed by atoms with Crippen LogP contribution in [0.15, 0.2) is 54.6 Å². The Morgan fingerprint density at radius 3 is 2.56 bits per heavy atom. The number of piperazine rings is 1. The quantitative estimate of drug-likeness (QED) is 0.463. The van der Waals surface area contributed by atoms with Gasteiger partial charge >= 0.3 is 0 Å². The molecule has 0 bridgehead atoms. The molecule has 0 aromatic heterocycles. The Morgan fingerprint density at radius 2 is 1.85 bits per heavy atom. The molecule has 0 radical (unpaired) electrons. The first-order chi connectivity index (χ1) is 13.0. The summed E-state index contributed by atoms with van der Waals surface area (Å²) >= 11 is 0. The molecule has 1 aliphatic rings. The Bertz CT molecular complexity index is 855. The van der Waals surface area contributed by atoms with E-state index in [0.29, 0.717) is 18.7 Å². The Morgan fingerprint density at radius 1 is 1.11 bits per heavy atom. The molecule has 6 heteroatoms. The number of nitro groups is 1. The fourth-order valence-corrected chi connectivity index (χ4v) is 3.26. The van der Waals surface area contributed by atoms with Crippen molar-refractivity contribution in [2.24, 2.45) is 0 Å². The van der Waals surface area contributed by atoms with Crippen LogP contribution in [-0.2, 0) is 11.3 Å². The fourth-order valence-electron chi connectivity index (χ4n) is 3.26. The lowest BCUT2D eigenvalue weighted by Gasteiger charge is -2.34. The molecule has 27 heavy (non-hydrogen) atoms. The molecule has 140 valence electrons. The number of benzene rings is 2. The van der Waals surface area contributed by atoms with E-state index in [1.807, 2.05) is 0 Å². The standard InChI is InChI=1S/C21H23N3O3/c1-17-5-4-6-18(15-17)16-22-11-13-23(14-12-22)21(25)10-9-19-7-2-3-8-20(19)24(26)27/h2-10,15H,11-14,16H2,1H3/b10-9+. The van der Waals surface area contributed by atoms with Crippen LogP contribution in [0.1, 0.15) is 16.7 Å². The Hall–Kier alpha value is -2.99. The van der Waals surface area contributed by atoms with Crippen molar-refractivity contribution in [3.8, 4) is 0 Å². The van der Waals surface area contributed by atoms with Crippen LogP contribution < -0.4 is 0 Å². The van der Waals surface area contributed by atoms with Gasteiger partial charge in [0.2, 0.25) is 5.91 Å². The van der Waals surface area contributed by atoms with Gasteiger partial charge in [0, 0.05) is 44.9 Å². The van der Waals surface area contributed by atoms with Crippen LogP contribution in [0.25, 0.3) is 6.08 Å². The lowest BCUT2D eigenvalue weighted by Crippen LogP contribution is -2.47. The molecule has 0 spiro atoms. The summed E-state index contributed by atoms with van der Waals surface area (Å²) in [7, 11) is 0. The second-order valence-corrected chi connectivity index (χ2v) is 6.74. The number of amides is 1. The minimum atomic E-state index is -0.436. The van der Waals surface area contributed by atoms with Gasteiger partial charge in [-0.3, -0.25) is 19.8 Å². The number of carbonyl (C=O) groups excluding carboxylic acids is 1. The minimum Gasteiger partial charge on any atom is -0.337 e. The van der Waals surface area contributed by atoms with Crippen molar-refractivity contribution in [3.05, 3.63) is 81.4 Å². The zero-order valence-electron chi connectivity index (χ0n) is 15.4. The Balaban J connectivity index is 1.55. The molecule has 0 unspecified atom stereocenters. The first-order valence-electron chi connectivity index (χ1n) is 9.01. The monoisotopic (exact) mass is 365 g/mol. The summed E-state index contributed by atoms with van der Waals surface area (Å²) < 4.78 is 0. The van der Waals surface area contributed by atoms with Gasteiger partial charge in [0.15, 0.2) is 0 Å². The maximum Gasteiger partial charge on any atom is 0.276 e. The highest BCUT2D eigenvalue weighted by molar-refractivity contribution is 5.92. The molecule has 2 aromatic carbocycles. The summed E-state index contributed by atoms with van der Waals surface area (Å²) in [5, 5.41) is 11.0. The third-order valence-corrected chi connectivity index (χ3v) is 4.71. The molecule has 1 saturated heterocycles. The summed E-state index contributed by atoms with van der Waals surface area (Å²) in [5.74, 6) is -0.108. The molecule has 3 rings (SSSR count). The Labute approximate surface area is 158 Å². The van der Waals surface area contributed by atoms with E-state index in [4.69, 9.17) is 0 Å². The van der Waals surface area contributed by atoms with Gasteiger partial charge in [0.1, 0.15) is 0 Å². The smallest absolute Gasteiger partial charge is 0.276 e. The van der Waals surface area contributed by atoms with Gasteiger partial charge in [0.25, 0.3) is 5.69 Å². The van der Waals surface area contributed by atoms with Crippen LogP contribution in [-0.4, -0.2) is 46.8 Å². The maximum absolute atomic E-state index is 12.4. The highest BCUT2D eigenvalue weighted by Crippen LogP contribution is 2.19. The van der Waals surface area contributed by atoms with Crippen LogP contribution in [0.2, 0.25) is 0 Å². The van der Waals surface area contributed by atoms with Crippen molar-refractivity contribution in [3.63, 3.8) is 0 Å². The van der Waals surface area contributed by atoms with Crippen molar-refractivity contribution in [2.45, 2.75) is 13.5 Å². The SMILES string of the molecule is Cc1cccc(CN2CCN(C(=O)/C=C/c3ccccc3[N+](=O)[O-])CC2)c1. The van der Waals surface area contributed by atoms with E-state index in [9.17, 15) is 14.9 Å². The summed E-state index contributed by atoms with van der Waals surface area (Å²) in [6, 6.07) is 14.9. The summed E-state index contributed by atoms with van der Waals surface area (Å²) in [6.45, 7) is 5.93. The molecule has 1 aliphatic heterocycles. The van der Waals surface area contributed by atoms with E-state index in [1.165, 1.54) is 29.3 Å². The molecule has 0 aliphatic carbocycles. The highest BCUT2D eigenvalue weighted by atomic mass is 16.6. The van der Waals surface area contributed by atoms with Gasteiger partial charge < -0.3 is 4.90 Å². The number of aryl methyl sites for hydroxylation is 1. The van der Waals surface area contributed by atoms with Gasteiger partial charge in [-0.05, 0) is 24.6 Å². The van der Waals surface area contributed by atoms with Crippen LogP contribution in [0.4, 0.5) is 5.69 Å². The molecule has 2 aromatic rings. The lowest BCUT2D eigenvalue weighted by atomic mass is 10.1. The summed E-state index contributed by atoms with van der Waals surface area (Å²) in [6.07, 6.45) is 2.96. The Kier molecular flexibility index (Phi) is 5.98. The highest BCUT2D eigenvalue weighted by Gasteiger charge is 2.20. The van der Waals surface area contributed by atoms with E-state index < -0.39 is 4.92 Å². The van der Waals surface area contributed by atoms with E-state index in [1.54, 1.807) is 23.1 Å². The van der Waals surface area contributed by atoms with E-state index in [2.05, 4.69) is 36.1 Å². The molecule has 1 heterocycles. The number of hydrogen-bond donors (Lipinski definition) is 0. The third kappa shape index (κ3) is 5.01. The average molecular weight is 365 g/mol. The van der Waals surface area contributed by atoms with Crippen molar-refractivity contribution < 1.29 is 9.72 Å². The molecule has 1 amide bonds. The van der Waals surface area contributed by atoms with Gasteiger partial charge in [0.05, 0.1) is 10.5 Å². The molecular weight excluding hydrogens is 342 g/mol. The number of carbonyl (C=O) groups is 1. The van der Waals surface area contributed by atoms with E-state index >= 15 is 0 Å². The maximum atomic E-state index is 12.4. The van der Waals surface area contributed by atoms with Crippen LogP contribution in [0.5, 0.6) is 0 Å². The van der Waals surface area contributed by atoms with Crippen LogP contribution >= 0.6 is 0 Å². The average Bonchev–Trinajstić information content (AvgIpc) is 2.67.